The van der Waals surface area contributed by atoms with Crippen molar-refractivity contribution in [1.82, 2.24) is 4.90 Å². The van der Waals surface area contributed by atoms with Gasteiger partial charge in [-0.05, 0) is 33.7 Å². The van der Waals surface area contributed by atoms with Gasteiger partial charge in [-0.3, -0.25) is 0 Å². The molecule has 15 heavy (non-hydrogen) atoms. The number of hydrogen-bond donors (Lipinski definition) is 1. The van der Waals surface area contributed by atoms with Crippen LogP contribution in [0.3, 0.4) is 0 Å². The van der Waals surface area contributed by atoms with Crippen LogP contribution in [0.5, 0.6) is 0 Å². The summed E-state index contributed by atoms with van der Waals surface area (Å²) < 4.78 is 0. The minimum atomic E-state index is 0.190. The highest BCUT2D eigenvalue weighted by Gasteiger charge is 2.31. The molecule has 0 heterocycles. The zero-order valence-corrected chi connectivity index (χ0v) is 10.6. The molecule has 0 bridgehead atoms. The predicted molar refractivity (Wildman–Crippen MR) is 65.0 cm³/mol. The average molecular weight is 213 g/mol. The molecule has 90 valence electrons. The third-order valence-electron chi connectivity index (χ3n) is 3.97. The number of nitrogens with zero attached hydrogens (tertiary/aromatic N) is 1. The number of aliphatic hydroxyl groups excluding tert-OH is 1. The van der Waals surface area contributed by atoms with Gasteiger partial charge in [-0.15, -0.1) is 0 Å². The quantitative estimate of drug-likeness (QED) is 0.726. The van der Waals surface area contributed by atoms with Crippen LogP contribution in [0.15, 0.2) is 0 Å². The van der Waals surface area contributed by atoms with Crippen molar-refractivity contribution in [2.45, 2.75) is 58.4 Å². The lowest BCUT2D eigenvalue weighted by atomic mass is 9.80. The largest absolute Gasteiger partial charge is 0.396 e. The lowest BCUT2D eigenvalue weighted by Crippen LogP contribution is -2.41. The smallest absolute Gasteiger partial charge is 0.0499 e. The Balaban J connectivity index is 2.57. The summed E-state index contributed by atoms with van der Waals surface area (Å²) >= 11 is 0. The minimum Gasteiger partial charge on any atom is -0.396 e. The highest BCUT2D eigenvalue weighted by molar-refractivity contribution is 4.84. The second-order valence-electron chi connectivity index (χ2n) is 5.58. The topological polar surface area (TPSA) is 23.5 Å². The highest BCUT2D eigenvalue weighted by Crippen LogP contribution is 2.35. The Morgan fingerprint density at radius 1 is 1.13 bits per heavy atom. The second kappa shape index (κ2) is 5.86. The summed E-state index contributed by atoms with van der Waals surface area (Å²) in [5.74, 6) is 0. The molecule has 0 unspecified atom stereocenters. The Bertz CT molecular complexity index is 171. The second-order valence-corrected chi connectivity index (χ2v) is 5.58. The molecule has 2 heteroatoms. The van der Waals surface area contributed by atoms with Gasteiger partial charge in [0.25, 0.3) is 0 Å². The maximum atomic E-state index is 9.67. The SMILES string of the molecule is CC(C)N(C)CC1(CO)CCCCCC1. The summed E-state index contributed by atoms with van der Waals surface area (Å²) in [5, 5.41) is 9.67. The van der Waals surface area contributed by atoms with E-state index in [1.807, 2.05) is 0 Å². The van der Waals surface area contributed by atoms with E-state index in [4.69, 9.17) is 0 Å². The van der Waals surface area contributed by atoms with Crippen molar-refractivity contribution in [2.24, 2.45) is 5.41 Å². The van der Waals surface area contributed by atoms with Crippen molar-refractivity contribution < 1.29 is 5.11 Å². The van der Waals surface area contributed by atoms with Crippen LogP contribution in [-0.2, 0) is 0 Å². The molecule has 0 aromatic carbocycles. The fraction of sp³-hybridized carbons (Fsp3) is 1.00. The van der Waals surface area contributed by atoms with Crippen molar-refractivity contribution in [2.75, 3.05) is 20.2 Å². The van der Waals surface area contributed by atoms with Crippen molar-refractivity contribution in [3.63, 3.8) is 0 Å². The summed E-state index contributed by atoms with van der Waals surface area (Å²) in [4.78, 5) is 2.38. The number of aliphatic hydroxyl groups is 1. The Morgan fingerprint density at radius 3 is 2.07 bits per heavy atom. The monoisotopic (exact) mass is 213 g/mol. The van der Waals surface area contributed by atoms with Gasteiger partial charge < -0.3 is 10.0 Å². The van der Waals surface area contributed by atoms with Crippen LogP contribution in [0.25, 0.3) is 0 Å². The molecular weight excluding hydrogens is 186 g/mol. The molecule has 0 atom stereocenters. The summed E-state index contributed by atoms with van der Waals surface area (Å²) in [6.45, 7) is 5.87. The molecule has 1 rings (SSSR count). The molecule has 1 saturated carbocycles. The molecule has 0 spiro atoms. The van der Waals surface area contributed by atoms with E-state index in [0.717, 1.165) is 6.54 Å². The van der Waals surface area contributed by atoms with E-state index in [0.29, 0.717) is 12.6 Å². The number of hydrogen-bond acceptors (Lipinski definition) is 2. The van der Waals surface area contributed by atoms with Crippen LogP contribution in [-0.4, -0.2) is 36.2 Å². The maximum absolute atomic E-state index is 9.67. The summed E-state index contributed by atoms with van der Waals surface area (Å²) in [7, 11) is 2.17. The Hall–Kier alpha value is -0.0800. The summed E-state index contributed by atoms with van der Waals surface area (Å²) in [5.41, 5.74) is 0.190. The zero-order chi connectivity index (χ0) is 11.3. The predicted octanol–water partition coefficient (Wildman–Crippen LogP) is 2.66. The van der Waals surface area contributed by atoms with Gasteiger partial charge in [0.2, 0.25) is 0 Å². The zero-order valence-electron chi connectivity index (χ0n) is 10.6. The third-order valence-corrected chi connectivity index (χ3v) is 3.97. The third kappa shape index (κ3) is 3.76. The Morgan fingerprint density at radius 2 is 1.67 bits per heavy atom. The molecule has 0 saturated heterocycles. The standard InChI is InChI=1S/C13H27NO/c1-12(2)14(3)10-13(11-15)8-6-4-5-7-9-13/h12,15H,4-11H2,1-3H3. The van der Waals surface area contributed by atoms with Gasteiger partial charge in [-0.2, -0.15) is 0 Å². The van der Waals surface area contributed by atoms with E-state index in [9.17, 15) is 5.11 Å². The van der Waals surface area contributed by atoms with Crippen molar-refractivity contribution in [3.05, 3.63) is 0 Å². The molecule has 0 aliphatic heterocycles. The van der Waals surface area contributed by atoms with Crippen LogP contribution < -0.4 is 0 Å². The van der Waals surface area contributed by atoms with Gasteiger partial charge in [-0.25, -0.2) is 0 Å². The molecule has 1 aliphatic rings. The molecule has 0 amide bonds. The Labute approximate surface area is 94.7 Å². The minimum absolute atomic E-state index is 0.190. The molecule has 0 aromatic heterocycles. The number of rotatable bonds is 4. The van der Waals surface area contributed by atoms with E-state index in [-0.39, 0.29) is 5.41 Å². The first kappa shape index (κ1) is 13.0. The van der Waals surface area contributed by atoms with Crippen molar-refractivity contribution in [1.29, 1.82) is 0 Å². The van der Waals surface area contributed by atoms with E-state index in [1.54, 1.807) is 0 Å². The fourth-order valence-electron chi connectivity index (χ4n) is 2.56. The molecule has 0 aromatic rings. The van der Waals surface area contributed by atoms with E-state index >= 15 is 0 Å². The molecule has 1 fully saturated rings. The molecule has 0 radical (unpaired) electrons. The molecular formula is C13H27NO. The average Bonchev–Trinajstić information content (AvgIpc) is 2.44. The Kier molecular flexibility index (Phi) is 5.07. The van der Waals surface area contributed by atoms with Gasteiger partial charge in [0, 0.05) is 24.6 Å². The van der Waals surface area contributed by atoms with Gasteiger partial charge in [0.1, 0.15) is 0 Å². The summed E-state index contributed by atoms with van der Waals surface area (Å²) in [6.07, 6.45) is 7.72. The normalized spacial score (nSPS) is 22.0. The van der Waals surface area contributed by atoms with Gasteiger partial charge in [0.15, 0.2) is 0 Å². The highest BCUT2D eigenvalue weighted by atomic mass is 16.3. The maximum Gasteiger partial charge on any atom is 0.0499 e. The van der Waals surface area contributed by atoms with Crippen molar-refractivity contribution in [3.8, 4) is 0 Å². The van der Waals surface area contributed by atoms with E-state index in [2.05, 4.69) is 25.8 Å². The first-order valence-corrected chi connectivity index (χ1v) is 6.41. The van der Waals surface area contributed by atoms with E-state index < -0.39 is 0 Å². The molecule has 1 aliphatic carbocycles. The molecule has 2 nitrogen and oxygen atoms in total. The fourth-order valence-corrected chi connectivity index (χ4v) is 2.56. The van der Waals surface area contributed by atoms with Crippen LogP contribution in [0, 0.1) is 5.41 Å². The first-order valence-electron chi connectivity index (χ1n) is 6.41. The van der Waals surface area contributed by atoms with Crippen LogP contribution in [0.2, 0.25) is 0 Å². The van der Waals surface area contributed by atoms with Gasteiger partial charge >= 0.3 is 0 Å². The first-order chi connectivity index (χ1) is 7.09. The van der Waals surface area contributed by atoms with Crippen molar-refractivity contribution >= 4 is 0 Å². The van der Waals surface area contributed by atoms with Gasteiger partial charge in [-0.1, -0.05) is 25.7 Å². The van der Waals surface area contributed by atoms with Gasteiger partial charge in [0.05, 0.1) is 0 Å². The van der Waals surface area contributed by atoms with Crippen LogP contribution in [0.4, 0.5) is 0 Å². The lowest BCUT2D eigenvalue weighted by Gasteiger charge is -2.36. The van der Waals surface area contributed by atoms with Crippen LogP contribution in [0.1, 0.15) is 52.4 Å². The lowest BCUT2D eigenvalue weighted by molar-refractivity contribution is 0.0588. The van der Waals surface area contributed by atoms with Crippen LogP contribution >= 0.6 is 0 Å². The molecule has 1 N–H and O–H groups in total. The van der Waals surface area contributed by atoms with E-state index in [1.165, 1.54) is 38.5 Å². The summed E-state index contributed by atoms with van der Waals surface area (Å²) in [6, 6.07) is 0.580.